The normalized spacial score (nSPS) is 17.9. The van der Waals surface area contributed by atoms with Crippen LogP contribution in [0.1, 0.15) is 41.7 Å². The number of alkyl halides is 1. The first-order valence-electron chi connectivity index (χ1n) is 10.2. The van der Waals surface area contributed by atoms with Crippen LogP contribution in [-0.2, 0) is 0 Å². The van der Waals surface area contributed by atoms with Gasteiger partial charge in [0.05, 0.1) is 16.6 Å². The lowest BCUT2D eigenvalue weighted by Gasteiger charge is -2.33. The van der Waals surface area contributed by atoms with Gasteiger partial charge in [-0.15, -0.1) is 0 Å². The molecule has 0 unspecified atom stereocenters. The highest BCUT2D eigenvalue weighted by molar-refractivity contribution is 6.34. The fourth-order valence-electron chi connectivity index (χ4n) is 3.76. The number of carbonyl (C=O) groups is 1. The molecular weight excluding hydrogens is 389 g/mol. The maximum atomic E-state index is 13.9. The Morgan fingerprint density at radius 3 is 2.69 bits per heavy atom. The lowest BCUT2D eigenvalue weighted by Crippen LogP contribution is -2.36. The van der Waals surface area contributed by atoms with Gasteiger partial charge in [-0.25, -0.2) is 4.39 Å². The maximum Gasteiger partial charge on any atom is 0.252 e. The summed E-state index contributed by atoms with van der Waals surface area (Å²) in [6.07, 6.45) is 0.698. The number of hydrogen-bond acceptors (Lipinski definition) is 3. The molecule has 1 heterocycles. The van der Waals surface area contributed by atoms with Gasteiger partial charge in [-0.1, -0.05) is 48.9 Å². The highest BCUT2D eigenvalue weighted by atomic mass is 35.5. The molecule has 0 bridgehead atoms. The smallest absolute Gasteiger partial charge is 0.252 e. The molecule has 2 aromatic rings. The van der Waals surface area contributed by atoms with E-state index in [1.807, 2.05) is 44.3 Å². The molecular formula is C23H29ClFN3O. The van der Waals surface area contributed by atoms with E-state index in [2.05, 4.69) is 27.2 Å². The molecule has 2 aromatic carbocycles. The van der Waals surface area contributed by atoms with Crippen LogP contribution in [-0.4, -0.2) is 50.2 Å². The average Bonchev–Trinajstić information content (AvgIpc) is 3.16. The third-order valence-electron chi connectivity index (χ3n) is 5.41. The summed E-state index contributed by atoms with van der Waals surface area (Å²) in [4.78, 5) is 16.5. The molecule has 1 aliphatic rings. The Kier molecular flexibility index (Phi) is 7.51. The minimum Gasteiger partial charge on any atom is -0.373 e. The Bertz CT molecular complexity index is 817. The van der Waals surface area contributed by atoms with E-state index in [9.17, 15) is 9.18 Å². The lowest BCUT2D eigenvalue weighted by atomic mass is 10.0. The van der Waals surface area contributed by atoms with E-state index in [0.717, 1.165) is 18.7 Å². The van der Waals surface area contributed by atoms with Gasteiger partial charge in [0.15, 0.2) is 0 Å². The van der Waals surface area contributed by atoms with Crippen LogP contribution in [0.2, 0.25) is 5.02 Å². The molecule has 3 rings (SSSR count). The van der Waals surface area contributed by atoms with Crippen LogP contribution >= 0.6 is 11.6 Å². The van der Waals surface area contributed by atoms with Crippen molar-refractivity contribution < 1.29 is 9.18 Å². The predicted octanol–water partition coefficient (Wildman–Crippen LogP) is 4.70. The van der Waals surface area contributed by atoms with Crippen molar-refractivity contribution in [2.75, 3.05) is 38.1 Å². The quantitative estimate of drug-likeness (QED) is 0.676. The summed E-state index contributed by atoms with van der Waals surface area (Å²) < 4.78 is 13.9. The molecule has 0 saturated carbocycles. The van der Waals surface area contributed by atoms with Crippen molar-refractivity contribution in [3.63, 3.8) is 0 Å². The van der Waals surface area contributed by atoms with Gasteiger partial charge in [-0.2, -0.15) is 0 Å². The van der Waals surface area contributed by atoms with E-state index < -0.39 is 6.17 Å². The van der Waals surface area contributed by atoms with Gasteiger partial charge in [-0.05, 0) is 36.6 Å². The van der Waals surface area contributed by atoms with Crippen molar-refractivity contribution in [1.82, 2.24) is 10.2 Å². The summed E-state index contributed by atoms with van der Waals surface area (Å²) in [5.74, 6) is -0.153. The second kappa shape index (κ2) is 10.1. The van der Waals surface area contributed by atoms with E-state index in [-0.39, 0.29) is 11.9 Å². The zero-order valence-corrected chi connectivity index (χ0v) is 17.8. The van der Waals surface area contributed by atoms with Crippen molar-refractivity contribution in [3.05, 3.63) is 64.7 Å². The Morgan fingerprint density at radius 2 is 2.07 bits per heavy atom. The topological polar surface area (TPSA) is 35.6 Å². The van der Waals surface area contributed by atoms with E-state index in [1.165, 1.54) is 5.56 Å². The Labute approximate surface area is 177 Å². The van der Waals surface area contributed by atoms with Crippen molar-refractivity contribution in [1.29, 1.82) is 0 Å². The summed E-state index contributed by atoms with van der Waals surface area (Å²) in [6, 6.07) is 15.8. The van der Waals surface area contributed by atoms with Crippen molar-refractivity contribution >= 4 is 23.2 Å². The number of amides is 1. The average molecular weight is 418 g/mol. The standard InChI is InChI=1S/C23H29ClFN3O/c1-3-12-26-23(29)20-10-9-19(14-21(20)24)27(2)16-22(17-7-5-4-6-8-17)28-13-11-18(25)15-28/h4-10,14,18,22H,3,11-13,15-16H2,1-2H3,(H,26,29)/t18-,22-/m0/s1. The van der Waals surface area contributed by atoms with E-state index in [0.29, 0.717) is 36.6 Å². The number of likely N-dealkylation sites (tertiary alicyclic amines) is 1. The van der Waals surface area contributed by atoms with Crippen LogP contribution in [0.3, 0.4) is 0 Å². The Hall–Kier alpha value is -2.11. The van der Waals surface area contributed by atoms with Crippen LogP contribution in [0.5, 0.6) is 0 Å². The van der Waals surface area contributed by atoms with Crippen molar-refractivity contribution in [2.24, 2.45) is 0 Å². The number of nitrogens with zero attached hydrogens (tertiary/aromatic N) is 2. The molecule has 4 nitrogen and oxygen atoms in total. The largest absolute Gasteiger partial charge is 0.373 e. The number of hydrogen-bond donors (Lipinski definition) is 1. The predicted molar refractivity (Wildman–Crippen MR) is 118 cm³/mol. The lowest BCUT2D eigenvalue weighted by molar-refractivity contribution is 0.0954. The van der Waals surface area contributed by atoms with Crippen LogP contribution in [0.15, 0.2) is 48.5 Å². The number of halogens is 2. The van der Waals surface area contributed by atoms with Gasteiger partial charge in [-0.3, -0.25) is 9.69 Å². The third kappa shape index (κ3) is 5.49. The summed E-state index contributed by atoms with van der Waals surface area (Å²) in [6.45, 7) is 4.56. The fraction of sp³-hybridized carbons (Fsp3) is 0.435. The highest BCUT2D eigenvalue weighted by Gasteiger charge is 2.30. The number of carbonyl (C=O) groups excluding carboxylic acids is 1. The monoisotopic (exact) mass is 417 g/mol. The summed E-state index contributed by atoms with van der Waals surface area (Å²) >= 11 is 6.40. The first-order chi connectivity index (χ1) is 14.0. The van der Waals surface area contributed by atoms with Crippen LogP contribution < -0.4 is 10.2 Å². The summed E-state index contributed by atoms with van der Waals surface area (Å²) in [5.41, 5.74) is 2.59. The molecule has 2 atom stereocenters. The molecule has 1 N–H and O–H groups in total. The van der Waals surface area contributed by atoms with Gasteiger partial charge >= 0.3 is 0 Å². The second-order valence-electron chi connectivity index (χ2n) is 7.61. The number of anilines is 1. The zero-order valence-electron chi connectivity index (χ0n) is 17.1. The van der Waals surface area contributed by atoms with Crippen molar-refractivity contribution in [3.8, 4) is 0 Å². The molecule has 156 valence electrons. The SMILES string of the molecule is CCCNC(=O)c1ccc(N(C)C[C@@H](c2ccccc2)N2CC[C@H](F)C2)cc1Cl. The third-order valence-corrected chi connectivity index (χ3v) is 5.72. The molecule has 1 fully saturated rings. The molecule has 6 heteroatoms. The minimum absolute atomic E-state index is 0.0910. The number of nitrogens with one attached hydrogen (secondary N) is 1. The molecule has 29 heavy (non-hydrogen) atoms. The first kappa shape index (κ1) is 21.6. The molecule has 1 saturated heterocycles. The Balaban J connectivity index is 1.76. The van der Waals surface area contributed by atoms with Gasteiger partial charge in [0.1, 0.15) is 6.17 Å². The van der Waals surface area contributed by atoms with Crippen LogP contribution in [0.25, 0.3) is 0 Å². The molecule has 1 amide bonds. The Morgan fingerprint density at radius 1 is 1.31 bits per heavy atom. The minimum atomic E-state index is -0.762. The van der Waals surface area contributed by atoms with E-state index in [4.69, 9.17) is 11.6 Å². The van der Waals surface area contributed by atoms with E-state index in [1.54, 1.807) is 6.07 Å². The summed E-state index contributed by atoms with van der Waals surface area (Å²) in [7, 11) is 2.00. The second-order valence-corrected chi connectivity index (χ2v) is 8.02. The van der Waals surface area contributed by atoms with Gasteiger partial charge in [0.25, 0.3) is 5.91 Å². The molecule has 0 aromatic heterocycles. The number of rotatable bonds is 8. The fourth-order valence-corrected chi connectivity index (χ4v) is 4.02. The van der Waals surface area contributed by atoms with Crippen molar-refractivity contribution in [2.45, 2.75) is 32.0 Å². The number of benzene rings is 2. The van der Waals surface area contributed by atoms with Gasteiger partial charge in [0, 0.05) is 38.9 Å². The van der Waals surface area contributed by atoms with Gasteiger partial charge in [0.2, 0.25) is 0 Å². The zero-order chi connectivity index (χ0) is 20.8. The molecule has 0 aliphatic carbocycles. The maximum absolute atomic E-state index is 13.9. The number of likely N-dealkylation sites (N-methyl/N-ethyl adjacent to an activating group) is 1. The van der Waals surface area contributed by atoms with Crippen LogP contribution in [0, 0.1) is 0 Å². The van der Waals surface area contributed by atoms with Crippen LogP contribution in [0.4, 0.5) is 10.1 Å². The molecule has 0 spiro atoms. The highest BCUT2D eigenvalue weighted by Crippen LogP contribution is 2.30. The summed E-state index contributed by atoms with van der Waals surface area (Å²) in [5, 5.41) is 3.29. The van der Waals surface area contributed by atoms with Gasteiger partial charge < -0.3 is 10.2 Å². The van der Waals surface area contributed by atoms with E-state index >= 15 is 0 Å². The first-order valence-corrected chi connectivity index (χ1v) is 10.6. The molecule has 1 aliphatic heterocycles. The molecule has 0 radical (unpaired) electrons.